The van der Waals surface area contributed by atoms with Gasteiger partial charge in [0.1, 0.15) is 11.6 Å². The van der Waals surface area contributed by atoms with Crippen LogP contribution in [0.1, 0.15) is 55.2 Å². The molecule has 4 rings (SSSR count). The lowest BCUT2D eigenvalue weighted by Gasteiger charge is -2.32. The Morgan fingerprint density at radius 3 is 2.84 bits per heavy atom. The fraction of sp³-hybridized carbons (Fsp3) is 0.458. The van der Waals surface area contributed by atoms with Crippen LogP contribution in [0.25, 0.3) is 0 Å². The average molecular weight is 455 g/mol. The fourth-order valence-corrected chi connectivity index (χ4v) is 4.89. The maximum absolute atomic E-state index is 12.6. The molecule has 0 bridgehead atoms. The largest absolute Gasteiger partial charge is 0.467 e. The molecule has 1 aliphatic rings. The summed E-state index contributed by atoms with van der Waals surface area (Å²) in [6.45, 7) is 2.83. The molecule has 3 aromatic rings. The average Bonchev–Trinajstić information content (AvgIpc) is 3.59. The number of carbonyl (C=O) groups excluding carboxylic acids is 2. The minimum Gasteiger partial charge on any atom is -0.467 e. The number of carbonyl (C=O) groups is 2. The Bertz CT molecular complexity index is 973. The Morgan fingerprint density at radius 2 is 2.09 bits per heavy atom. The van der Waals surface area contributed by atoms with Gasteiger partial charge in [-0.3, -0.25) is 9.59 Å². The number of amides is 2. The van der Waals surface area contributed by atoms with Gasteiger partial charge in [0.2, 0.25) is 11.8 Å². The summed E-state index contributed by atoms with van der Waals surface area (Å²) < 4.78 is 7.46. The number of piperidine rings is 1. The van der Waals surface area contributed by atoms with Gasteiger partial charge >= 0.3 is 0 Å². The van der Waals surface area contributed by atoms with Gasteiger partial charge in [-0.05, 0) is 60.2 Å². The van der Waals surface area contributed by atoms with Crippen LogP contribution < -0.4 is 5.32 Å². The number of aryl methyl sites for hydroxylation is 2. The number of nitrogens with zero attached hydrogens (tertiary/aromatic N) is 3. The van der Waals surface area contributed by atoms with Crippen LogP contribution in [0.5, 0.6) is 0 Å². The monoisotopic (exact) mass is 454 g/mol. The first kappa shape index (κ1) is 22.3. The van der Waals surface area contributed by atoms with E-state index in [4.69, 9.17) is 4.42 Å². The third kappa shape index (κ3) is 6.09. The van der Waals surface area contributed by atoms with Gasteiger partial charge in [-0.15, -0.1) is 0 Å². The highest BCUT2D eigenvalue weighted by atomic mass is 32.1. The molecule has 0 spiro atoms. The summed E-state index contributed by atoms with van der Waals surface area (Å²) in [5.41, 5.74) is 1.37. The molecule has 0 atom stereocenters. The zero-order valence-corrected chi connectivity index (χ0v) is 19.1. The van der Waals surface area contributed by atoms with Crippen LogP contribution in [0.15, 0.2) is 52.0 Å². The molecule has 0 saturated carbocycles. The van der Waals surface area contributed by atoms with E-state index in [2.05, 4.69) is 37.9 Å². The summed E-state index contributed by atoms with van der Waals surface area (Å²) in [5, 5.41) is 7.13. The van der Waals surface area contributed by atoms with Gasteiger partial charge in [0, 0.05) is 50.8 Å². The molecule has 0 radical (unpaired) electrons. The third-order valence-electron chi connectivity index (χ3n) is 6.02. The number of aromatic nitrogens is 2. The lowest BCUT2D eigenvalue weighted by atomic mass is 9.95. The van der Waals surface area contributed by atoms with E-state index in [1.165, 1.54) is 5.56 Å². The summed E-state index contributed by atoms with van der Waals surface area (Å²) in [7, 11) is 0. The number of imidazole rings is 1. The fourth-order valence-electron chi connectivity index (χ4n) is 4.19. The second-order valence-electron chi connectivity index (χ2n) is 8.23. The van der Waals surface area contributed by atoms with Crippen molar-refractivity contribution < 1.29 is 14.0 Å². The normalized spacial score (nSPS) is 14.6. The second-order valence-corrected chi connectivity index (χ2v) is 9.01. The number of hydrogen-bond acceptors (Lipinski definition) is 5. The maximum atomic E-state index is 12.6. The van der Waals surface area contributed by atoms with Crippen LogP contribution in [0.4, 0.5) is 0 Å². The predicted molar refractivity (Wildman–Crippen MR) is 123 cm³/mol. The number of nitrogens with one attached hydrogen (secondary N) is 1. The van der Waals surface area contributed by atoms with E-state index < -0.39 is 0 Å². The first-order valence-electron chi connectivity index (χ1n) is 11.3. The molecule has 7 nitrogen and oxygen atoms in total. The minimum atomic E-state index is -0.0535. The SMILES string of the molecule is O=C(CCCC(=O)N1CCC(c2nccn2CCc2ccsc2)CC1)NCc1ccco1. The molecular formula is C24H30N4O3S. The Hall–Kier alpha value is -2.87. The zero-order chi connectivity index (χ0) is 22.2. The Morgan fingerprint density at radius 1 is 1.22 bits per heavy atom. The van der Waals surface area contributed by atoms with Crippen LogP contribution in [0, 0.1) is 0 Å². The van der Waals surface area contributed by atoms with E-state index in [0.29, 0.717) is 31.7 Å². The highest BCUT2D eigenvalue weighted by Gasteiger charge is 2.26. The molecule has 4 heterocycles. The van der Waals surface area contributed by atoms with Gasteiger partial charge in [-0.1, -0.05) is 0 Å². The van der Waals surface area contributed by atoms with Crippen molar-refractivity contribution in [1.29, 1.82) is 0 Å². The highest BCUT2D eigenvalue weighted by molar-refractivity contribution is 7.07. The molecule has 2 amide bonds. The van der Waals surface area contributed by atoms with Gasteiger partial charge in [0.15, 0.2) is 0 Å². The standard InChI is InChI=1S/C24H30N4O3S/c29-22(26-17-21-3-2-15-31-21)4-1-5-23(30)27-12-7-20(8-13-27)24-25-10-14-28(24)11-6-19-9-16-32-18-19/h2-3,9-10,14-16,18,20H,1,4-8,11-13,17H2,(H,26,29). The summed E-state index contributed by atoms with van der Waals surface area (Å²) in [4.78, 5) is 31.1. The molecule has 1 aliphatic heterocycles. The molecule has 3 aromatic heterocycles. The number of hydrogen-bond donors (Lipinski definition) is 1. The van der Waals surface area contributed by atoms with Crippen molar-refractivity contribution in [3.8, 4) is 0 Å². The quantitative estimate of drug-likeness (QED) is 0.503. The summed E-state index contributed by atoms with van der Waals surface area (Å²) >= 11 is 1.73. The van der Waals surface area contributed by atoms with Gasteiger partial charge in [0.25, 0.3) is 0 Å². The molecule has 0 unspecified atom stereocenters. The Kier molecular flexibility index (Phi) is 7.77. The molecule has 1 N–H and O–H groups in total. The first-order chi connectivity index (χ1) is 15.7. The smallest absolute Gasteiger partial charge is 0.222 e. The maximum Gasteiger partial charge on any atom is 0.222 e. The van der Waals surface area contributed by atoms with Crippen LogP contribution in [-0.4, -0.2) is 39.4 Å². The molecule has 1 fully saturated rings. The van der Waals surface area contributed by atoms with Crippen LogP contribution in [0.3, 0.4) is 0 Å². The molecule has 170 valence electrons. The van der Waals surface area contributed by atoms with E-state index in [1.807, 2.05) is 17.2 Å². The number of likely N-dealkylation sites (tertiary alicyclic amines) is 1. The van der Waals surface area contributed by atoms with Crippen molar-refractivity contribution >= 4 is 23.2 Å². The highest BCUT2D eigenvalue weighted by Crippen LogP contribution is 2.27. The van der Waals surface area contributed by atoms with Gasteiger partial charge in [-0.25, -0.2) is 4.98 Å². The van der Waals surface area contributed by atoms with Gasteiger partial charge < -0.3 is 19.2 Å². The molecular weight excluding hydrogens is 424 g/mol. The van der Waals surface area contributed by atoms with Crippen LogP contribution in [0.2, 0.25) is 0 Å². The van der Waals surface area contributed by atoms with Crippen molar-refractivity contribution in [2.75, 3.05) is 13.1 Å². The van der Waals surface area contributed by atoms with E-state index in [1.54, 1.807) is 23.7 Å². The summed E-state index contributed by atoms with van der Waals surface area (Å²) in [6.07, 6.45) is 9.75. The van der Waals surface area contributed by atoms with Gasteiger partial charge in [-0.2, -0.15) is 11.3 Å². The third-order valence-corrected chi connectivity index (χ3v) is 6.75. The lowest BCUT2D eigenvalue weighted by molar-refractivity contribution is -0.132. The topological polar surface area (TPSA) is 80.4 Å². The molecule has 8 heteroatoms. The lowest BCUT2D eigenvalue weighted by Crippen LogP contribution is -2.38. The van der Waals surface area contributed by atoms with Crippen molar-refractivity contribution in [3.63, 3.8) is 0 Å². The van der Waals surface area contributed by atoms with E-state index in [0.717, 1.165) is 50.5 Å². The van der Waals surface area contributed by atoms with Crippen LogP contribution >= 0.6 is 11.3 Å². The summed E-state index contributed by atoms with van der Waals surface area (Å²) in [5.74, 6) is 2.35. The van der Waals surface area contributed by atoms with Gasteiger partial charge in [0.05, 0.1) is 12.8 Å². The summed E-state index contributed by atoms with van der Waals surface area (Å²) in [6, 6.07) is 5.79. The Balaban J connectivity index is 1.16. The minimum absolute atomic E-state index is 0.0535. The van der Waals surface area contributed by atoms with E-state index in [-0.39, 0.29) is 11.8 Å². The first-order valence-corrected chi connectivity index (χ1v) is 12.2. The van der Waals surface area contributed by atoms with Crippen molar-refractivity contribution in [3.05, 3.63) is 64.8 Å². The van der Waals surface area contributed by atoms with Crippen molar-refractivity contribution in [1.82, 2.24) is 19.8 Å². The molecule has 1 saturated heterocycles. The number of thiophene rings is 1. The van der Waals surface area contributed by atoms with E-state index in [9.17, 15) is 9.59 Å². The van der Waals surface area contributed by atoms with Crippen molar-refractivity contribution in [2.45, 2.75) is 57.5 Å². The predicted octanol–water partition coefficient (Wildman–Crippen LogP) is 3.97. The van der Waals surface area contributed by atoms with E-state index >= 15 is 0 Å². The number of rotatable bonds is 10. The Labute approximate surface area is 192 Å². The number of furan rings is 1. The molecule has 0 aliphatic carbocycles. The second kappa shape index (κ2) is 11.1. The van der Waals surface area contributed by atoms with Crippen LogP contribution in [-0.2, 0) is 29.1 Å². The van der Waals surface area contributed by atoms with Crippen molar-refractivity contribution in [2.24, 2.45) is 0 Å². The molecule has 32 heavy (non-hydrogen) atoms. The zero-order valence-electron chi connectivity index (χ0n) is 18.2. The molecule has 0 aromatic carbocycles.